The lowest BCUT2D eigenvalue weighted by Crippen LogP contribution is -2.34. The molecule has 7 heteroatoms. The largest absolute Gasteiger partial charge is 0.379 e. The molecule has 1 atom stereocenters. The molecule has 0 aliphatic heterocycles. The third-order valence-corrected chi connectivity index (χ3v) is 4.74. The van der Waals surface area contributed by atoms with Crippen molar-refractivity contribution in [2.24, 2.45) is 17.6 Å². The topological polar surface area (TPSA) is 108 Å². The Balaban J connectivity index is -0.000000626. The van der Waals surface area contributed by atoms with E-state index in [-0.39, 0.29) is 39.1 Å². The highest BCUT2D eigenvalue weighted by molar-refractivity contribution is 5.80. The highest BCUT2D eigenvalue weighted by Crippen LogP contribution is 2.23. The molecule has 2 amide bonds. The monoisotopic (exact) mass is 404 g/mol. The number of hydrogen-bond acceptors (Lipinski definition) is 5. The van der Waals surface area contributed by atoms with Crippen molar-refractivity contribution in [1.29, 1.82) is 0 Å². The predicted octanol–water partition coefficient (Wildman–Crippen LogP) is 3.09. The Kier molecular flexibility index (Phi) is 15.6. The van der Waals surface area contributed by atoms with Crippen LogP contribution in [0.3, 0.4) is 0 Å². The van der Waals surface area contributed by atoms with Crippen LogP contribution in [0.25, 0.3) is 0 Å². The van der Waals surface area contributed by atoms with Gasteiger partial charge in [-0.3, -0.25) is 14.4 Å². The first-order chi connectivity index (χ1) is 13.3. The average molecular weight is 405 g/mol. The van der Waals surface area contributed by atoms with Crippen molar-refractivity contribution in [1.82, 2.24) is 5.32 Å². The van der Waals surface area contributed by atoms with Crippen LogP contribution in [0.2, 0.25) is 0 Å². The Morgan fingerprint density at radius 3 is 2.25 bits per heavy atom. The van der Waals surface area contributed by atoms with Crippen LogP contribution in [0, 0.1) is 11.8 Å². The van der Waals surface area contributed by atoms with E-state index in [1.54, 1.807) is 0 Å². The molecule has 0 radical (unpaired) electrons. The molecule has 168 valence electrons. The van der Waals surface area contributed by atoms with Gasteiger partial charge in [0.05, 0.1) is 19.3 Å². The van der Waals surface area contributed by atoms with Crippen LogP contribution in [0.1, 0.15) is 75.5 Å². The third kappa shape index (κ3) is 14.6. The summed E-state index contributed by atoms with van der Waals surface area (Å²) in [6.45, 7) is 9.20. The molecular formula is C21H44N2O5. The number of carbonyl (C=O) groups excluding carboxylic acids is 3. The van der Waals surface area contributed by atoms with Gasteiger partial charge in [0.25, 0.3) is 0 Å². The van der Waals surface area contributed by atoms with Crippen molar-refractivity contribution in [3.05, 3.63) is 0 Å². The van der Waals surface area contributed by atoms with Crippen molar-refractivity contribution >= 4 is 17.6 Å². The van der Waals surface area contributed by atoms with Crippen LogP contribution in [-0.4, -0.2) is 50.1 Å². The van der Waals surface area contributed by atoms with E-state index in [0.29, 0.717) is 26.2 Å². The maximum absolute atomic E-state index is 11.8. The van der Waals surface area contributed by atoms with E-state index in [1.807, 2.05) is 27.7 Å². The molecule has 1 aliphatic rings. The number of nitrogens with one attached hydrogen (secondary N) is 1. The first-order valence-electron chi connectivity index (χ1n) is 10.6. The molecule has 28 heavy (non-hydrogen) atoms. The Bertz CT molecular complexity index is 459. The van der Waals surface area contributed by atoms with E-state index in [0.717, 1.165) is 19.3 Å². The van der Waals surface area contributed by atoms with Crippen molar-refractivity contribution < 1.29 is 26.7 Å². The Hall–Kier alpha value is -1.47. The normalized spacial score (nSPS) is 15.5. The smallest absolute Gasteiger partial charge is 0.243 e. The van der Waals surface area contributed by atoms with Gasteiger partial charge in [-0.25, -0.2) is 0 Å². The molecule has 7 nitrogen and oxygen atoms in total. The molecule has 1 saturated carbocycles. The van der Waals surface area contributed by atoms with Crippen molar-refractivity contribution in [2.45, 2.75) is 78.7 Å². The van der Waals surface area contributed by atoms with E-state index >= 15 is 0 Å². The number of Topliss-reactive ketones (excluding diaryl/α,β-unsaturated/α-hetero) is 1. The first-order valence-corrected chi connectivity index (χ1v) is 10.6. The van der Waals surface area contributed by atoms with Gasteiger partial charge >= 0.3 is 0 Å². The second-order valence-corrected chi connectivity index (χ2v) is 7.59. The number of nitrogens with two attached hydrogens (primary N) is 1. The predicted molar refractivity (Wildman–Crippen MR) is 114 cm³/mol. The molecular weight excluding hydrogens is 360 g/mol. The van der Waals surface area contributed by atoms with E-state index in [4.69, 9.17) is 15.2 Å². The standard InChI is InChI=1S/C16H29NO3.C5H11NO2.2H2/c1-3-13(2)15(18)9-11-20-12-10-17-16(19)14-7-5-4-6-8-14;1-4(2)8-3-5(6)7;;/h13-14H,3-12H2,1-2H3,(H,17,19);4H,3H2,1-2H3,(H2,6,7);2*1H. The van der Waals surface area contributed by atoms with Crippen LogP contribution in [0.15, 0.2) is 0 Å². The van der Waals surface area contributed by atoms with Crippen molar-refractivity contribution in [2.75, 3.05) is 26.4 Å². The van der Waals surface area contributed by atoms with Gasteiger partial charge in [-0.1, -0.05) is 33.1 Å². The van der Waals surface area contributed by atoms with Crippen LogP contribution in [0.5, 0.6) is 0 Å². The average Bonchev–Trinajstić information content (AvgIpc) is 2.69. The van der Waals surface area contributed by atoms with Crippen LogP contribution in [-0.2, 0) is 23.9 Å². The summed E-state index contributed by atoms with van der Waals surface area (Å²) in [6.07, 6.45) is 7.10. The maximum atomic E-state index is 11.8. The summed E-state index contributed by atoms with van der Waals surface area (Å²) in [5.74, 6) is 0.349. The molecule has 0 saturated heterocycles. The van der Waals surface area contributed by atoms with Crippen molar-refractivity contribution in [3.8, 4) is 0 Å². The lowest BCUT2D eigenvalue weighted by Gasteiger charge is -2.20. The molecule has 0 spiro atoms. The summed E-state index contributed by atoms with van der Waals surface area (Å²) in [5.41, 5.74) is 4.78. The van der Waals surface area contributed by atoms with Gasteiger partial charge in [0.2, 0.25) is 11.8 Å². The minimum Gasteiger partial charge on any atom is -0.379 e. The second-order valence-electron chi connectivity index (χ2n) is 7.59. The SMILES string of the molecule is CC(C)OCC(N)=O.CCC(C)C(=O)CCOCCNC(=O)C1CCCCC1.[HH].[HH]. The van der Waals surface area contributed by atoms with Crippen LogP contribution >= 0.6 is 0 Å². The van der Waals surface area contributed by atoms with E-state index in [2.05, 4.69) is 5.32 Å². The van der Waals surface area contributed by atoms with E-state index in [1.165, 1.54) is 19.3 Å². The van der Waals surface area contributed by atoms with Crippen LogP contribution < -0.4 is 11.1 Å². The number of ketones is 1. The Morgan fingerprint density at radius 1 is 1.11 bits per heavy atom. The van der Waals surface area contributed by atoms with Gasteiger partial charge in [-0.15, -0.1) is 0 Å². The van der Waals surface area contributed by atoms with Crippen LogP contribution in [0.4, 0.5) is 0 Å². The van der Waals surface area contributed by atoms with Gasteiger partial charge < -0.3 is 20.5 Å². The summed E-state index contributed by atoms with van der Waals surface area (Å²) in [6, 6.07) is 0. The molecule has 0 aromatic heterocycles. The molecule has 3 N–H and O–H groups in total. The molecule has 1 fully saturated rings. The maximum Gasteiger partial charge on any atom is 0.243 e. The highest BCUT2D eigenvalue weighted by atomic mass is 16.5. The zero-order valence-electron chi connectivity index (χ0n) is 18.1. The molecule has 1 unspecified atom stereocenters. The third-order valence-electron chi connectivity index (χ3n) is 4.74. The quantitative estimate of drug-likeness (QED) is 0.486. The van der Waals surface area contributed by atoms with Gasteiger partial charge in [0.15, 0.2) is 0 Å². The number of carbonyl (C=O) groups is 3. The minimum absolute atomic E-state index is 0. The Labute approximate surface area is 173 Å². The zero-order chi connectivity index (χ0) is 21.4. The number of ether oxygens (including phenoxy) is 2. The fraction of sp³-hybridized carbons (Fsp3) is 0.857. The fourth-order valence-electron chi connectivity index (χ4n) is 2.75. The second kappa shape index (κ2) is 16.5. The number of amides is 2. The summed E-state index contributed by atoms with van der Waals surface area (Å²) in [4.78, 5) is 33.4. The fourth-order valence-corrected chi connectivity index (χ4v) is 2.75. The lowest BCUT2D eigenvalue weighted by atomic mass is 9.89. The summed E-state index contributed by atoms with van der Waals surface area (Å²) in [7, 11) is 0. The van der Waals surface area contributed by atoms with Gasteiger partial charge in [-0.05, 0) is 33.1 Å². The lowest BCUT2D eigenvalue weighted by molar-refractivity contribution is -0.126. The van der Waals surface area contributed by atoms with Gasteiger partial charge in [0, 0.05) is 27.7 Å². The van der Waals surface area contributed by atoms with E-state index < -0.39 is 5.91 Å². The summed E-state index contributed by atoms with van der Waals surface area (Å²) < 4.78 is 10.2. The molecule has 1 aliphatic carbocycles. The molecule has 1 rings (SSSR count). The number of primary amides is 1. The van der Waals surface area contributed by atoms with Gasteiger partial charge in [-0.2, -0.15) is 0 Å². The molecule has 0 heterocycles. The van der Waals surface area contributed by atoms with E-state index in [9.17, 15) is 14.4 Å². The first kappa shape index (κ1) is 26.5. The highest BCUT2D eigenvalue weighted by Gasteiger charge is 2.20. The Morgan fingerprint density at radius 2 is 1.75 bits per heavy atom. The molecule has 0 bridgehead atoms. The van der Waals surface area contributed by atoms with Crippen molar-refractivity contribution in [3.63, 3.8) is 0 Å². The van der Waals surface area contributed by atoms with Gasteiger partial charge in [0.1, 0.15) is 12.4 Å². The number of hydrogen-bond donors (Lipinski definition) is 2. The minimum atomic E-state index is -0.418. The summed E-state index contributed by atoms with van der Waals surface area (Å²) in [5, 5.41) is 2.93. The molecule has 0 aromatic rings. The number of rotatable bonds is 12. The molecule has 0 aromatic carbocycles. The zero-order valence-corrected chi connectivity index (χ0v) is 18.1. The summed E-state index contributed by atoms with van der Waals surface area (Å²) >= 11 is 0.